The Bertz CT molecular complexity index is 355. The molecule has 0 saturated carbocycles. The van der Waals surface area contributed by atoms with E-state index in [1.165, 1.54) is 0 Å². The summed E-state index contributed by atoms with van der Waals surface area (Å²) in [4.78, 5) is 11.6. The number of benzene rings is 1. The largest absolute Gasteiger partial charge is 0.399 e. The molecule has 0 heterocycles. The lowest BCUT2D eigenvalue weighted by atomic mass is 10.2. The van der Waals surface area contributed by atoms with Crippen LogP contribution in [0.15, 0.2) is 22.7 Å². The van der Waals surface area contributed by atoms with Crippen molar-refractivity contribution in [2.45, 2.75) is 6.42 Å². The Morgan fingerprint density at radius 1 is 1.47 bits per heavy atom. The molecule has 0 radical (unpaired) electrons. The van der Waals surface area contributed by atoms with Crippen LogP contribution in [0.5, 0.6) is 0 Å². The van der Waals surface area contributed by atoms with E-state index in [4.69, 9.17) is 11.5 Å². The number of nitrogens with two attached hydrogens (primary N) is 2. The molecule has 0 aliphatic heterocycles. The summed E-state index contributed by atoms with van der Waals surface area (Å²) < 4.78 is 0.702. The van der Waals surface area contributed by atoms with Crippen molar-refractivity contribution in [3.05, 3.63) is 28.2 Å². The Balaban J connectivity index is 2.65. The Morgan fingerprint density at radius 2 is 2.20 bits per heavy atom. The van der Waals surface area contributed by atoms with E-state index in [1.54, 1.807) is 18.2 Å². The summed E-state index contributed by atoms with van der Waals surface area (Å²) in [5.74, 6) is -0.115. The first kappa shape index (κ1) is 12.0. The van der Waals surface area contributed by atoms with E-state index in [1.807, 2.05) is 0 Å². The lowest BCUT2D eigenvalue weighted by Gasteiger charge is -2.06. The number of hydrogen-bond donors (Lipinski definition) is 3. The fourth-order valence-electron chi connectivity index (χ4n) is 1.11. The monoisotopic (exact) mass is 271 g/mol. The number of halogens is 1. The van der Waals surface area contributed by atoms with E-state index in [0.717, 1.165) is 6.42 Å². The fourth-order valence-corrected chi connectivity index (χ4v) is 1.69. The molecule has 5 N–H and O–H groups in total. The van der Waals surface area contributed by atoms with Gasteiger partial charge < -0.3 is 16.8 Å². The Morgan fingerprint density at radius 3 is 2.80 bits per heavy atom. The standard InChI is InChI=1S/C10H14BrN3O/c11-9-6-7(13)2-3-8(9)10(15)14-5-1-4-12/h2-3,6H,1,4-5,12-13H2,(H,14,15). The zero-order valence-corrected chi connectivity index (χ0v) is 9.88. The number of carbonyl (C=O) groups excluding carboxylic acids is 1. The summed E-state index contributed by atoms with van der Waals surface area (Å²) in [5, 5.41) is 2.77. The van der Waals surface area contributed by atoms with Gasteiger partial charge in [0.2, 0.25) is 0 Å². The molecule has 0 aliphatic carbocycles. The zero-order valence-electron chi connectivity index (χ0n) is 8.29. The van der Waals surface area contributed by atoms with Gasteiger partial charge in [-0.05, 0) is 47.1 Å². The second-order valence-electron chi connectivity index (χ2n) is 3.14. The van der Waals surface area contributed by atoms with Gasteiger partial charge in [0.25, 0.3) is 5.91 Å². The Hall–Kier alpha value is -1.07. The average molecular weight is 272 g/mol. The maximum absolute atomic E-state index is 11.6. The van der Waals surface area contributed by atoms with E-state index in [0.29, 0.717) is 28.8 Å². The van der Waals surface area contributed by atoms with Crippen molar-refractivity contribution in [3.8, 4) is 0 Å². The molecular formula is C10H14BrN3O. The summed E-state index contributed by atoms with van der Waals surface area (Å²) in [5.41, 5.74) is 12.1. The van der Waals surface area contributed by atoms with Crippen LogP contribution >= 0.6 is 15.9 Å². The SMILES string of the molecule is NCCCNC(=O)c1ccc(N)cc1Br. The predicted octanol–water partition coefficient (Wildman–Crippen LogP) is 1.11. The van der Waals surface area contributed by atoms with Gasteiger partial charge in [0.15, 0.2) is 0 Å². The molecular weight excluding hydrogens is 258 g/mol. The van der Waals surface area contributed by atoms with Gasteiger partial charge in [-0.2, -0.15) is 0 Å². The Kier molecular flexibility index (Phi) is 4.58. The van der Waals surface area contributed by atoms with Crippen molar-refractivity contribution >= 4 is 27.5 Å². The third-order valence-electron chi connectivity index (χ3n) is 1.90. The normalized spacial score (nSPS) is 10.0. The first-order valence-corrected chi connectivity index (χ1v) is 5.47. The maximum Gasteiger partial charge on any atom is 0.252 e. The zero-order chi connectivity index (χ0) is 11.3. The van der Waals surface area contributed by atoms with Crippen LogP contribution in [0.2, 0.25) is 0 Å². The molecule has 1 aromatic rings. The molecule has 1 amide bonds. The van der Waals surface area contributed by atoms with Gasteiger partial charge in [-0.3, -0.25) is 4.79 Å². The number of amides is 1. The molecule has 5 heteroatoms. The lowest BCUT2D eigenvalue weighted by molar-refractivity contribution is 0.0953. The quantitative estimate of drug-likeness (QED) is 0.567. The summed E-state index contributed by atoms with van der Waals surface area (Å²) >= 11 is 3.29. The van der Waals surface area contributed by atoms with Gasteiger partial charge in [-0.1, -0.05) is 0 Å². The number of carbonyl (C=O) groups is 1. The molecule has 0 aromatic heterocycles. The van der Waals surface area contributed by atoms with Gasteiger partial charge in [0.1, 0.15) is 0 Å². The van der Waals surface area contributed by atoms with Gasteiger partial charge in [0, 0.05) is 16.7 Å². The topological polar surface area (TPSA) is 81.1 Å². The predicted molar refractivity (Wildman–Crippen MR) is 64.6 cm³/mol. The van der Waals surface area contributed by atoms with Crippen LogP contribution in [0.3, 0.4) is 0 Å². The highest BCUT2D eigenvalue weighted by Gasteiger charge is 2.08. The van der Waals surface area contributed by atoms with Gasteiger partial charge in [-0.25, -0.2) is 0 Å². The van der Waals surface area contributed by atoms with Crippen molar-refractivity contribution in [1.82, 2.24) is 5.32 Å². The van der Waals surface area contributed by atoms with Crippen LogP contribution in [0, 0.1) is 0 Å². The van der Waals surface area contributed by atoms with Crippen molar-refractivity contribution in [2.24, 2.45) is 5.73 Å². The fraction of sp³-hybridized carbons (Fsp3) is 0.300. The number of hydrogen-bond acceptors (Lipinski definition) is 3. The van der Waals surface area contributed by atoms with Crippen LogP contribution in [0.25, 0.3) is 0 Å². The van der Waals surface area contributed by atoms with Crippen LogP contribution < -0.4 is 16.8 Å². The van der Waals surface area contributed by atoms with Crippen molar-refractivity contribution in [1.29, 1.82) is 0 Å². The van der Waals surface area contributed by atoms with E-state index >= 15 is 0 Å². The third kappa shape index (κ3) is 3.53. The first-order chi connectivity index (χ1) is 7.15. The van der Waals surface area contributed by atoms with Gasteiger partial charge in [-0.15, -0.1) is 0 Å². The molecule has 1 rings (SSSR count). The maximum atomic E-state index is 11.6. The second-order valence-corrected chi connectivity index (χ2v) is 3.99. The molecule has 0 unspecified atom stereocenters. The molecule has 0 saturated heterocycles. The highest BCUT2D eigenvalue weighted by molar-refractivity contribution is 9.10. The minimum Gasteiger partial charge on any atom is -0.399 e. The minimum absolute atomic E-state index is 0.115. The molecule has 0 atom stereocenters. The second kappa shape index (κ2) is 5.72. The highest BCUT2D eigenvalue weighted by Crippen LogP contribution is 2.19. The van der Waals surface area contributed by atoms with Crippen molar-refractivity contribution < 1.29 is 4.79 Å². The lowest BCUT2D eigenvalue weighted by Crippen LogP contribution is -2.26. The van der Waals surface area contributed by atoms with Crippen molar-refractivity contribution in [3.63, 3.8) is 0 Å². The summed E-state index contributed by atoms with van der Waals surface area (Å²) in [6.07, 6.45) is 0.776. The molecule has 1 aromatic carbocycles. The molecule has 15 heavy (non-hydrogen) atoms. The number of nitrogens with one attached hydrogen (secondary N) is 1. The van der Waals surface area contributed by atoms with Crippen LogP contribution in [-0.2, 0) is 0 Å². The third-order valence-corrected chi connectivity index (χ3v) is 2.56. The molecule has 0 spiro atoms. The first-order valence-electron chi connectivity index (χ1n) is 4.68. The summed E-state index contributed by atoms with van der Waals surface area (Å²) in [6, 6.07) is 5.09. The van der Waals surface area contributed by atoms with Crippen molar-refractivity contribution in [2.75, 3.05) is 18.8 Å². The molecule has 4 nitrogen and oxygen atoms in total. The number of nitrogen functional groups attached to an aromatic ring is 1. The molecule has 0 bridgehead atoms. The van der Waals surface area contributed by atoms with E-state index in [-0.39, 0.29) is 5.91 Å². The van der Waals surface area contributed by atoms with Crippen LogP contribution in [0.4, 0.5) is 5.69 Å². The van der Waals surface area contributed by atoms with E-state index in [2.05, 4.69) is 21.2 Å². The van der Waals surface area contributed by atoms with Crippen LogP contribution in [-0.4, -0.2) is 19.0 Å². The molecule has 0 fully saturated rings. The summed E-state index contributed by atoms with van der Waals surface area (Å²) in [6.45, 7) is 1.16. The summed E-state index contributed by atoms with van der Waals surface area (Å²) in [7, 11) is 0. The molecule has 0 aliphatic rings. The van der Waals surface area contributed by atoms with Gasteiger partial charge >= 0.3 is 0 Å². The minimum atomic E-state index is -0.115. The molecule has 82 valence electrons. The number of rotatable bonds is 4. The highest BCUT2D eigenvalue weighted by atomic mass is 79.9. The smallest absolute Gasteiger partial charge is 0.252 e. The van der Waals surface area contributed by atoms with E-state index < -0.39 is 0 Å². The average Bonchev–Trinajstić information content (AvgIpc) is 2.17. The Labute approximate surface area is 97.1 Å². The van der Waals surface area contributed by atoms with E-state index in [9.17, 15) is 4.79 Å². The van der Waals surface area contributed by atoms with Crippen LogP contribution in [0.1, 0.15) is 16.8 Å². The van der Waals surface area contributed by atoms with Gasteiger partial charge in [0.05, 0.1) is 5.56 Å². The number of anilines is 1.